The van der Waals surface area contributed by atoms with E-state index in [1.165, 1.54) is 6.07 Å². The molecule has 1 aliphatic heterocycles. The molecule has 1 aromatic heterocycles. The van der Waals surface area contributed by atoms with Gasteiger partial charge in [-0.05, 0) is 58.0 Å². The van der Waals surface area contributed by atoms with E-state index in [9.17, 15) is 31.9 Å². The highest BCUT2D eigenvalue weighted by Crippen LogP contribution is 2.19. The van der Waals surface area contributed by atoms with Gasteiger partial charge in [0, 0.05) is 38.2 Å². The number of piperazine rings is 1. The number of hydrogen-bond donors (Lipinski definition) is 3. The largest absolute Gasteiger partial charge is 0.490 e. The third-order valence-corrected chi connectivity index (χ3v) is 6.52. The van der Waals surface area contributed by atoms with Gasteiger partial charge >= 0.3 is 12.1 Å². The quantitative estimate of drug-likeness (QED) is 0.479. The number of aromatic nitrogens is 2. The zero-order valence-corrected chi connectivity index (χ0v) is 22.2. The van der Waals surface area contributed by atoms with Crippen LogP contribution in [0.2, 0.25) is 0 Å². The molecule has 10 nitrogen and oxygen atoms in total. The fourth-order valence-corrected chi connectivity index (χ4v) is 3.67. The van der Waals surface area contributed by atoms with Crippen LogP contribution >= 0.6 is 0 Å². The minimum Gasteiger partial charge on any atom is -0.475 e. The first-order valence-corrected chi connectivity index (χ1v) is 11.9. The van der Waals surface area contributed by atoms with Crippen molar-refractivity contribution in [3.8, 4) is 0 Å². The van der Waals surface area contributed by atoms with Crippen LogP contribution in [0.25, 0.3) is 0 Å². The molecule has 0 saturated carbocycles. The summed E-state index contributed by atoms with van der Waals surface area (Å²) in [6, 6.07) is 4.44. The van der Waals surface area contributed by atoms with Crippen molar-refractivity contribution in [2.75, 3.05) is 33.2 Å². The molecule has 3 rings (SSSR count). The van der Waals surface area contributed by atoms with Gasteiger partial charge in [-0.25, -0.2) is 14.3 Å². The summed E-state index contributed by atoms with van der Waals surface area (Å²) in [4.78, 5) is 49.5. The number of alkyl halides is 3. The second-order valence-corrected chi connectivity index (χ2v) is 9.50. The van der Waals surface area contributed by atoms with E-state index in [4.69, 9.17) is 9.90 Å². The summed E-state index contributed by atoms with van der Waals surface area (Å²) < 4.78 is 46.3. The van der Waals surface area contributed by atoms with Gasteiger partial charge in [-0.2, -0.15) is 18.3 Å². The molecule has 214 valence electrons. The SMILES string of the molecule is CNC(C)(C)C(=O)N1CCN(C(=O)c2cc(Cc3n[nH]c(=O)c(C)c3C)ccc2F)CC1.O=C(O)C(F)(F)F. The van der Waals surface area contributed by atoms with Crippen LogP contribution in [-0.2, 0) is 16.0 Å². The van der Waals surface area contributed by atoms with Gasteiger partial charge in [0.1, 0.15) is 5.82 Å². The number of aromatic amines is 1. The number of halogens is 4. The molecular formula is C25H31F4N5O5. The van der Waals surface area contributed by atoms with E-state index < -0.39 is 29.4 Å². The fourth-order valence-electron chi connectivity index (χ4n) is 3.67. The van der Waals surface area contributed by atoms with Gasteiger partial charge in [0.2, 0.25) is 5.91 Å². The third-order valence-electron chi connectivity index (χ3n) is 6.52. The summed E-state index contributed by atoms with van der Waals surface area (Å²) in [6.45, 7) is 8.65. The van der Waals surface area contributed by atoms with Gasteiger partial charge in [0.25, 0.3) is 11.5 Å². The van der Waals surface area contributed by atoms with Gasteiger partial charge in [0.15, 0.2) is 0 Å². The monoisotopic (exact) mass is 557 g/mol. The molecule has 2 amide bonds. The van der Waals surface area contributed by atoms with E-state index in [-0.39, 0.29) is 17.0 Å². The smallest absolute Gasteiger partial charge is 0.475 e. The van der Waals surface area contributed by atoms with Crippen LogP contribution in [0.3, 0.4) is 0 Å². The lowest BCUT2D eigenvalue weighted by molar-refractivity contribution is -0.192. The Bertz CT molecular complexity index is 1280. The summed E-state index contributed by atoms with van der Waals surface area (Å²) in [5.41, 5.74) is 1.83. The van der Waals surface area contributed by atoms with Crippen LogP contribution in [0.4, 0.5) is 17.6 Å². The van der Waals surface area contributed by atoms with Crippen molar-refractivity contribution >= 4 is 17.8 Å². The van der Waals surface area contributed by atoms with E-state index in [1.54, 1.807) is 35.9 Å². The van der Waals surface area contributed by atoms with Gasteiger partial charge in [0.05, 0.1) is 16.8 Å². The molecule has 2 aromatic rings. The zero-order valence-electron chi connectivity index (χ0n) is 22.2. The zero-order chi connectivity index (χ0) is 29.7. The Morgan fingerprint density at radius 1 is 1.05 bits per heavy atom. The van der Waals surface area contributed by atoms with E-state index in [0.29, 0.717) is 43.9 Å². The number of H-pyrrole nitrogens is 1. The number of carbonyl (C=O) groups is 3. The standard InChI is InChI=1S/C23H30FN5O3.C2HF3O2/c1-14-15(2)20(30)27-26-19(14)13-16-6-7-18(24)17(12-16)21(31)28-8-10-29(11-9-28)22(32)23(3,4)25-5;3-2(4,5)1(6)7/h6-7,12,25H,8-11,13H2,1-5H3,(H,27,30);(H,6,7). The van der Waals surface area contributed by atoms with Crippen molar-refractivity contribution in [1.29, 1.82) is 0 Å². The molecule has 2 heterocycles. The predicted octanol–water partition coefficient (Wildman–Crippen LogP) is 2.03. The Hall–Kier alpha value is -3.81. The molecule has 0 atom stereocenters. The highest BCUT2D eigenvalue weighted by atomic mass is 19.4. The van der Waals surface area contributed by atoms with Crippen LogP contribution in [-0.4, -0.2) is 87.8 Å². The number of carbonyl (C=O) groups excluding carboxylic acids is 2. The Morgan fingerprint density at radius 3 is 2.10 bits per heavy atom. The van der Waals surface area contributed by atoms with Gasteiger partial charge < -0.3 is 20.2 Å². The lowest BCUT2D eigenvalue weighted by Gasteiger charge is -2.38. The summed E-state index contributed by atoms with van der Waals surface area (Å²) in [5.74, 6) is -3.77. The average Bonchev–Trinajstić information content (AvgIpc) is 2.89. The van der Waals surface area contributed by atoms with Crippen LogP contribution in [0.15, 0.2) is 23.0 Å². The van der Waals surface area contributed by atoms with Crippen molar-refractivity contribution in [3.63, 3.8) is 0 Å². The van der Waals surface area contributed by atoms with Crippen molar-refractivity contribution in [3.05, 3.63) is 62.3 Å². The number of aliphatic carboxylic acids is 1. The molecule has 3 N–H and O–H groups in total. The fraction of sp³-hybridized carbons (Fsp3) is 0.480. The molecule has 1 fully saturated rings. The summed E-state index contributed by atoms with van der Waals surface area (Å²) in [5, 5.41) is 16.7. The first-order valence-electron chi connectivity index (χ1n) is 11.9. The maximum absolute atomic E-state index is 14.5. The lowest BCUT2D eigenvalue weighted by Crippen LogP contribution is -2.58. The minimum absolute atomic E-state index is 0.00312. The van der Waals surface area contributed by atoms with E-state index >= 15 is 0 Å². The second-order valence-electron chi connectivity index (χ2n) is 9.50. The second kappa shape index (κ2) is 12.4. The normalized spacial score (nSPS) is 14.0. The first kappa shape index (κ1) is 31.4. The Labute approximate surface area is 222 Å². The van der Waals surface area contributed by atoms with Crippen LogP contribution < -0.4 is 10.9 Å². The maximum Gasteiger partial charge on any atom is 0.490 e. The van der Waals surface area contributed by atoms with Gasteiger partial charge in [-0.1, -0.05) is 6.07 Å². The number of amides is 2. The highest BCUT2D eigenvalue weighted by molar-refractivity contribution is 5.95. The third kappa shape index (κ3) is 7.85. The number of benzene rings is 1. The molecule has 0 spiro atoms. The van der Waals surface area contributed by atoms with E-state index in [0.717, 1.165) is 11.1 Å². The number of carboxylic acids is 1. The molecular weight excluding hydrogens is 526 g/mol. The number of carboxylic acid groups (broad SMARTS) is 1. The highest BCUT2D eigenvalue weighted by Gasteiger charge is 2.38. The predicted molar refractivity (Wildman–Crippen MR) is 133 cm³/mol. The topological polar surface area (TPSA) is 136 Å². The number of hydrogen-bond acceptors (Lipinski definition) is 6. The molecule has 14 heteroatoms. The van der Waals surface area contributed by atoms with Crippen molar-refractivity contribution in [2.45, 2.75) is 45.8 Å². The summed E-state index contributed by atoms with van der Waals surface area (Å²) in [7, 11) is 1.73. The van der Waals surface area contributed by atoms with Gasteiger partial charge in [-0.15, -0.1) is 0 Å². The van der Waals surface area contributed by atoms with Crippen LogP contribution in [0.5, 0.6) is 0 Å². The van der Waals surface area contributed by atoms with Crippen molar-refractivity contribution in [1.82, 2.24) is 25.3 Å². The number of rotatable bonds is 5. The Kier molecular flexibility index (Phi) is 9.96. The Morgan fingerprint density at radius 2 is 1.59 bits per heavy atom. The van der Waals surface area contributed by atoms with Crippen LogP contribution in [0, 0.1) is 19.7 Å². The molecule has 0 unspecified atom stereocenters. The average molecular weight is 558 g/mol. The molecule has 39 heavy (non-hydrogen) atoms. The van der Waals surface area contributed by atoms with E-state index in [2.05, 4.69) is 15.5 Å². The number of nitrogens with zero attached hydrogens (tertiary/aromatic N) is 3. The van der Waals surface area contributed by atoms with Crippen molar-refractivity contribution < 1.29 is 37.1 Å². The van der Waals surface area contributed by atoms with Gasteiger partial charge in [-0.3, -0.25) is 14.4 Å². The number of nitrogens with one attached hydrogen (secondary N) is 2. The molecule has 0 aliphatic carbocycles. The number of likely N-dealkylation sites (N-methyl/N-ethyl adjacent to an activating group) is 1. The first-order chi connectivity index (χ1) is 18.0. The van der Waals surface area contributed by atoms with Crippen molar-refractivity contribution in [2.24, 2.45) is 0 Å². The lowest BCUT2D eigenvalue weighted by atomic mass is 10.0. The molecule has 0 bridgehead atoms. The molecule has 1 aliphatic rings. The molecule has 1 aromatic carbocycles. The van der Waals surface area contributed by atoms with E-state index in [1.807, 2.05) is 20.8 Å². The Balaban J connectivity index is 0.000000673. The molecule has 0 radical (unpaired) electrons. The molecule has 1 saturated heterocycles. The summed E-state index contributed by atoms with van der Waals surface area (Å²) >= 11 is 0. The maximum atomic E-state index is 14.5. The summed E-state index contributed by atoms with van der Waals surface area (Å²) in [6.07, 6.45) is -4.72. The minimum atomic E-state index is -5.08. The van der Waals surface area contributed by atoms with Crippen LogP contribution in [0.1, 0.15) is 46.6 Å².